The summed E-state index contributed by atoms with van der Waals surface area (Å²) in [6.07, 6.45) is 0. The van der Waals surface area contributed by atoms with Gasteiger partial charge in [0, 0.05) is 5.56 Å². The molecule has 0 saturated heterocycles. The number of halogens is 1. The first kappa shape index (κ1) is 14.4. The molecular weight excluding hydrogens is 279 g/mol. The molecule has 0 heterocycles. The van der Waals surface area contributed by atoms with Gasteiger partial charge in [-0.2, -0.15) is 0 Å². The van der Waals surface area contributed by atoms with Crippen molar-refractivity contribution < 1.29 is 17.6 Å². The number of sulfone groups is 1. The van der Waals surface area contributed by atoms with Crippen LogP contribution in [0, 0.1) is 0 Å². The quantitative estimate of drug-likeness (QED) is 0.796. The smallest absolute Gasteiger partial charge is 0.263 e. The van der Waals surface area contributed by atoms with Crippen LogP contribution in [0.25, 0.3) is 0 Å². The van der Waals surface area contributed by atoms with Crippen molar-refractivity contribution in [1.82, 2.24) is 0 Å². The van der Waals surface area contributed by atoms with Crippen molar-refractivity contribution in [2.75, 3.05) is 0 Å². The predicted molar refractivity (Wildman–Crippen MR) is 74.7 cm³/mol. The predicted octanol–water partition coefficient (Wildman–Crippen LogP) is 2.78. The summed E-state index contributed by atoms with van der Waals surface area (Å²) in [5.41, 5.74) is -2.03. The van der Waals surface area contributed by atoms with Crippen LogP contribution in [0.5, 0.6) is 0 Å². The van der Waals surface area contributed by atoms with Crippen molar-refractivity contribution >= 4 is 15.6 Å². The largest absolute Gasteiger partial charge is 0.290 e. The Balaban J connectivity index is 2.19. The first-order chi connectivity index (χ1) is 9.50. The molecule has 2 aromatic carbocycles. The fraction of sp³-hybridized carbons (Fsp3) is 0.133. The molecule has 20 heavy (non-hydrogen) atoms. The summed E-state index contributed by atoms with van der Waals surface area (Å²) in [6.45, 7) is 0. The molecule has 0 amide bonds. The number of ketones is 1. The minimum absolute atomic E-state index is 0.0524. The first-order valence-electron chi connectivity index (χ1n) is 5.99. The highest BCUT2D eigenvalue weighted by molar-refractivity contribution is 7.91. The number of hydrogen-bond acceptors (Lipinski definition) is 3. The van der Waals surface area contributed by atoms with Gasteiger partial charge in [-0.25, -0.2) is 12.8 Å². The molecule has 2 rings (SSSR count). The number of Topliss-reactive ketones (excluding diaryl/α,β-unsaturated/α-hetero) is 1. The maximum atomic E-state index is 14.0. The van der Waals surface area contributed by atoms with E-state index in [1.165, 1.54) is 12.1 Å². The Morgan fingerprint density at radius 2 is 1.45 bits per heavy atom. The second-order valence-corrected chi connectivity index (χ2v) is 6.37. The van der Waals surface area contributed by atoms with E-state index < -0.39 is 26.9 Å². The molecule has 5 heteroatoms. The molecule has 0 aliphatic heterocycles. The van der Waals surface area contributed by atoms with Crippen LogP contribution < -0.4 is 0 Å². The van der Waals surface area contributed by atoms with Crippen LogP contribution in [-0.2, 0) is 15.6 Å². The summed E-state index contributed by atoms with van der Waals surface area (Å²) in [5.74, 6) is -1.52. The molecule has 3 nitrogen and oxygen atoms in total. The van der Waals surface area contributed by atoms with E-state index in [1.807, 2.05) is 0 Å². The van der Waals surface area contributed by atoms with Crippen molar-refractivity contribution in [2.24, 2.45) is 0 Å². The van der Waals surface area contributed by atoms with Gasteiger partial charge in [0.15, 0.2) is 9.84 Å². The maximum Gasteiger partial charge on any atom is 0.263 e. The van der Waals surface area contributed by atoms with Crippen LogP contribution in [0.1, 0.15) is 15.9 Å². The number of hydrogen-bond donors (Lipinski definition) is 0. The maximum absolute atomic E-state index is 14.0. The van der Waals surface area contributed by atoms with Crippen LogP contribution >= 0.6 is 0 Å². The summed E-state index contributed by atoms with van der Waals surface area (Å²) in [7, 11) is -4.18. The highest BCUT2D eigenvalue weighted by Crippen LogP contribution is 2.16. The lowest BCUT2D eigenvalue weighted by Crippen LogP contribution is -2.27. The van der Waals surface area contributed by atoms with Crippen LogP contribution in [-0.4, -0.2) is 19.7 Å². The van der Waals surface area contributed by atoms with Gasteiger partial charge in [-0.15, -0.1) is 0 Å². The zero-order valence-electron chi connectivity index (χ0n) is 10.6. The van der Waals surface area contributed by atoms with Gasteiger partial charge in [-0.3, -0.25) is 4.79 Å². The summed E-state index contributed by atoms with van der Waals surface area (Å²) in [6, 6.07) is 15.8. The van der Waals surface area contributed by atoms with Gasteiger partial charge in [-0.1, -0.05) is 60.7 Å². The third-order valence-electron chi connectivity index (χ3n) is 2.79. The molecular formula is C15H13FO3S. The highest BCUT2D eigenvalue weighted by Gasteiger charge is 2.32. The van der Waals surface area contributed by atoms with E-state index in [4.69, 9.17) is 0 Å². The molecule has 1 unspecified atom stereocenters. The Bertz CT molecular complexity index is 682. The summed E-state index contributed by atoms with van der Waals surface area (Å²) in [4.78, 5) is 11.8. The number of alkyl halides is 1. The number of carbonyl (C=O) groups excluding carboxylic acids is 1. The lowest BCUT2D eigenvalue weighted by molar-refractivity contribution is 0.0933. The summed E-state index contributed by atoms with van der Waals surface area (Å²) in [5, 5.41) is 0. The van der Waals surface area contributed by atoms with Gasteiger partial charge >= 0.3 is 0 Å². The minimum Gasteiger partial charge on any atom is -0.290 e. The van der Waals surface area contributed by atoms with Crippen molar-refractivity contribution in [2.45, 2.75) is 11.3 Å². The molecule has 0 spiro atoms. The Labute approximate surface area is 117 Å². The summed E-state index contributed by atoms with van der Waals surface area (Å²) >= 11 is 0. The number of rotatable bonds is 5. The lowest BCUT2D eigenvalue weighted by Gasteiger charge is -2.09. The third kappa shape index (κ3) is 3.30. The fourth-order valence-corrected chi connectivity index (χ4v) is 3.04. The molecule has 2 aromatic rings. The standard InChI is InChI=1S/C15H13FO3S/c16-15(14(17)13-9-5-2-6-10-13)20(18,19)11-12-7-3-1-4-8-12/h1-10,15H,11H2. The number of carbonyl (C=O) groups is 1. The zero-order valence-corrected chi connectivity index (χ0v) is 11.4. The zero-order chi connectivity index (χ0) is 14.6. The third-order valence-corrected chi connectivity index (χ3v) is 4.37. The normalized spacial score (nSPS) is 12.8. The molecule has 0 saturated carbocycles. The first-order valence-corrected chi connectivity index (χ1v) is 7.71. The van der Waals surface area contributed by atoms with E-state index >= 15 is 0 Å². The van der Waals surface area contributed by atoms with Crippen LogP contribution in [0.2, 0.25) is 0 Å². The Kier molecular flexibility index (Phi) is 4.29. The van der Waals surface area contributed by atoms with Gasteiger partial charge in [0.2, 0.25) is 5.78 Å². The molecule has 0 aromatic heterocycles. The molecule has 0 aliphatic rings. The Morgan fingerprint density at radius 1 is 0.950 bits per heavy atom. The second-order valence-electron chi connectivity index (χ2n) is 4.34. The second kappa shape index (κ2) is 5.96. The molecule has 0 N–H and O–H groups in total. The van der Waals surface area contributed by atoms with E-state index in [0.29, 0.717) is 5.56 Å². The monoisotopic (exact) mass is 292 g/mol. The average molecular weight is 292 g/mol. The van der Waals surface area contributed by atoms with Crippen molar-refractivity contribution in [1.29, 1.82) is 0 Å². The van der Waals surface area contributed by atoms with E-state index in [9.17, 15) is 17.6 Å². The van der Waals surface area contributed by atoms with E-state index in [0.717, 1.165) is 0 Å². The molecule has 104 valence electrons. The van der Waals surface area contributed by atoms with Gasteiger partial charge in [0.1, 0.15) is 0 Å². The van der Waals surface area contributed by atoms with Crippen molar-refractivity contribution in [3.8, 4) is 0 Å². The van der Waals surface area contributed by atoms with Crippen LogP contribution in [0.15, 0.2) is 60.7 Å². The summed E-state index contributed by atoms with van der Waals surface area (Å²) < 4.78 is 37.8. The minimum atomic E-state index is -4.18. The molecule has 0 bridgehead atoms. The van der Waals surface area contributed by atoms with Crippen LogP contribution in [0.4, 0.5) is 4.39 Å². The van der Waals surface area contributed by atoms with Gasteiger partial charge < -0.3 is 0 Å². The van der Waals surface area contributed by atoms with Gasteiger partial charge in [-0.05, 0) is 5.56 Å². The molecule has 0 aliphatic carbocycles. The van der Waals surface area contributed by atoms with Gasteiger partial charge in [0.25, 0.3) is 5.50 Å². The van der Waals surface area contributed by atoms with Crippen LogP contribution in [0.3, 0.4) is 0 Å². The molecule has 0 fully saturated rings. The van der Waals surface area contributed by atoms with Crippen molar-refractivity contribution in [3.05, 3.63) is 71.8 Å². The Hall–Kier alpha value is -2.01. The van der Waals surface area contributed by atoms with Gasteiger partial charge in [0.05, 0.1) is 5.75 Å². The average Bonchev–Trinajstić information content (AvgIpc) is 2.47. The lowest BCUT2D eigenvalue weighted by atomic mass is 10.1. The molecule has 1 atom stereocenters. The SMILES string of the molecule is O=C(c1ccccc1)C(F)S(=O)(=O)Cc1ccccc1. The Morgan fingerprint density at radius 3 is 2.00 bits per heavy atom. The topological polar surface area (TPSA) is 51.2 Å². The number of benzene rings is 2. The van der Waals surface area contributed by atoms with Crippen molar-refractivity contribution in [3.63, 3.8) is 0 Å². The van der Waals surface area contributed by atoms with E-state index in [-0.39, 0.29) is 5.56 Å². The fourth-order valence-electron chi connectivity index (χ4n) is 1.78. The molecule has 0 radical (unpaired) electrons. The van der Waals surface area contributed by atoms with E-state index in [1.54, 1.807) is 48.5 Å². The highest BCUT2D eigenvalue weighted by atomic mass is 32.2. The van der Waals surface area contributed by atoms with E-state index in [2.05, 4.69) is 0 Å².